The Morgan fingerprint density at radius 3 is 2.59 bits per heavy atom. The Morgan fingerprint density at radius 1 is 1.14 bits per heavy atom. The van der Waals surface area contributed by atoms with Crippen molar-refractivity contribution in [2.45, 2.75) is 42.9 Å². The molecule has 2 aromatic rings. The fourth-order valence-corrected chi connectivity index (χ4v) is 7.22. The van der Waals surface area contributed by atoms with Crippen LogP contribution in [0.5, 0.6) is 0 Å². The van der Waals surface area contributed by atoms with Gasteiger partial charge in [0.25, 0.3) is 10.0 Å². The normalized spacial score (nSPS) is 20.9. The molecule has 3 rings (SSSR count). The number of hydrogen-bond acceptors (Lipinski definition) is 4. The first-order chi connectivity index (χ1) is 10.5. The number of aryl methyl sites for hydroxylation is 1. The van der Waals surface area contributed by atoms with Crippen LogP contribution in [0, 0.1) is 6.92 Å². The van der Waals surface area contributed by atoms with Crippen LogP contribution >= 0.6 is 34.3 Å². The summed E-state index contributed by atoms with van der Waals surface area (Å²) in [5, 5.41) is 0. The maximum Gasteiger partial charge on any atom is 0.253 e. The van der Waals surface area contributed by atoms with E-state index < -0.39 is 10.0 Å². The van der Waals surface area contributed by atoms with E-state index in [1.807, 2.05) is 0 Å². The lowest BCUT2D eigenvalue weighted by atomic mass is 10.1. The molecule has 2 aromatic heterocycles. The second kappa shape index (κ2) is 6.61. The smallest absolute Gasteiger partial charge is 0.206 e. The molecule has 22 heavy (non-hydrogen) atoms. The van der Waals surface area contributed by atoms with Crippen LogP contribution in [0.3, 0.4) is 0 Å². The number of sulfonamides is 1. The number of thiophene rings is 2. The SMILES string of the molecule is Cc1ccc([C@H]2CCCCCN2S(=O)(=O)c2ccc(Cl)s2)s1. The Morgan fingerprint density at radius 2 is 1.95 bits per heavy atom. The predicted molar refractivity (Wildman–Crippen MR) is 93.5 cm³/mol. The highest BCUT2D eigenvalue weighted by molar-refractivity contribution is 7.91. The molecule has 1 atom stereocenters. The molecule has 0 bridgehead atoms. The fourth-order valence-electron chi connectivity index (χ4n) is 2.84. The largest absolute Gasteiger partial charge is 0.253 e. The Labute approximate surface area is 144 Å². The highest BCUT2D eigenvalue weighted by Crippen LogP contribution is 2.39. The van der Waals surface area contributed by atoms with Gasteiger partial charge in [0.2, 0.25) is 0 Å². The molecule has 3 nitrogen and oxygen atoms in total. The Balaban J connectivity index is 2.00. The average Bonchev–Trinajstić information content (AvgIpc) is 3.01. The summed E-state index contributed by atoms with van der Waals surface area (Å²) in [5.41, 5.74) is 0. The average molecular weight is 376 g/mol. The number of hydrogen-bond donors (Lipinski definition) is 0. The number of halogens is 1. The first-order valence-electron chi connectivity index (χ1n) is 7.32. The van der Waals surface area contributed by atoms with Crippen LogP contribution in [0.1, 0.15) is 41.5 Å². The van der Waals surface area contributed by atoms with E-state index in [1.54, 1.807) is 27.8 Å². The fraction of sp³-hybridized carbons (Fsp3) is 0.467. The van der Waals surface area contributed by atoms with Crippen LogP contribution in [0.4, 0.5) is 0 Å². The molecule has 120 valence electrons. The summed E-state index contributed by atoms with van der Waals surface area (Å²) < 4.78 is 28.6. The van der Waals surface area contributed by atoms with Crippen LogP contribution in [0.25, 0.3) is 0 Å². The lowest BCUT2D eigenvalue weighted by Crippen LogP contribution is -2.34. The first kappa shape index (κ1) is 16.5. The monoisotopic (exact) mass is 375 g/mol. The number of nitrogens with zero attached hydrogens (tertiary/aromatic N) is 1. The van der Waals surface area contributed by atoms with Crippen LogP contribution in [0.15, 0.2) is 28.5 Å². The minimum absolute atomic E-state index is 0.0490. The van der Waals surface area contributed by atoms with E-state index in [0.717, 1.165) is 41.9 Å². The van der Waals surface area contributed by atoms with Crippen LogP contribution in [0.2, 0.25) is 4.34 Å². The van der Waals surface area contributed by atoms with Crippen molar-refractivity contribution in [1.82, 2.24) is 4.31 Å². The third kappa shape index (κ3) is 3.26. The molecule has 1 aliphatic rings. The van der Waals surface area contributed by atoms with E-state index in [2.05, 4.69) is 19.1 Å². The van der Waals surface area contributed by atoms with Crippen molar-refractivity contribution in [3.05, 3.63) is 38.4 Å². The van der Waals surface area contributed by atoms with Gasteiger partial charge in [-0.3, -0.25) is 0 Å². The Kier molecular flexibility index (Phi) is 4.95. The first-order valence-corrected chi connectivity index (χ1v) is 10.8. The molecule has 0 amide bonds. The Bertz CT molecular complexity index is 750. The van der Waals surface area contributed by atoms with Crippen LogP contribution in [-0.2, 0) is 10.0 Å². The topological polar surface area (TPSA) is 37.4 Å². The summed E-state index contributed by atoms with van der Waals surface area (Å²) in [5.74, 6) is 0. The van der Waals surface area contributed by atoms with E-state index in [4.69, 9.17) is 11.6 Å². The van der Waals surface area contributed by atoms with Gasteiger partial charge in [-0.05, 0) is 44.0 Å². The van der Waals surface area contributed by atoms with Crippen molar-refractivity contribution in [1.29, 1.82) is 0 Å². The molecule has 7 heteroatoms. The summed E-state index contributed by atoms with van der Waals surface area (Å²) in [6.45, 7) is 2.64. The van der Waals surface area contributed by atoms with E-state index in [0.29, 0.717) is 15.1 Å². The summed E-state index contributed by atoms with van der Waals surface area (Å²) in [6.07, 6.45) is 3.95. The molecule has 1 saturated heterocycles. The minimum atomic E-state index is -3.48. The lowest BCUT2D eigenvalue weighted by Gasteiger charge is -2.27. The minimum Gasteiger partial charge on any atom is -0.206 e. The third-order valence-corrected chi connectivity index (χ3v) is 8.61. The second-order valence-corrected chi connectivity index (χ2v) is 10.6. The summed E-state index contributed by atoms with van der Waals surface area (Å²) in [6, 6.07) is 7.36. The van der Waals surface area contributed by atoms with Crippen LogP contribution < -0.4 is 0 Å². The van der Waals surface area contributed by atoms with Crippen molar-refractivity contribution in [2.24, 2.45) is 0 Å². The van der Waals surface area contributed by atoms with Gasteiger partial charge >= 0.3 is 0 Å². The standard InChI is InChI=1S/C15H18ClNO2S3/c1-11-6-7-13(20-11)12-5-3-2-4-10-17(12)22(18,19)15-9-8-14(16)21-15/h6-9,12H,2-5,10H2,1H3/t12-/m1/s1. The summed E-state index contributed by atoms with van der Waals surface area (Å²) in [7, 11) is -3.48. The molecule has 0 saturated carbocycles. The van der Waals surface area contributed by atoms with Crippen molar-refractivity contribution in [3.63, 3.8) is 0 Å². The highest BCUT2D eigenvalue weighted by Gasteiger charge is 2.34. The molecule has 0 N–H and O–H groups in total. The molecule has 0 aromatic carbocycles. The molecule has 0 radical (unpaired) electrons. The van der Waals surface area contributed by atoms with Gasteiger partial charge in [-0.2, -0.15) is 4.31 Å². The highest BCUT2D eigenvalue weighted by atomic mass is 35.5. The molecule has 3 heterocycles. The summed E-state index contributed by atoms with van der Waals surface area (Å²) in [4.78, 5) is 2.36. The quantitative estimate of drug-likeness (QED) is 0.750. The zero-order chi connectivity index (χ0) is 15.7. The van der Waals surface area contributed by atoms with Gasteiger partial charge < -0.3 is 0 Å². The second-order valence-electron chi connectivity index (χ2n) is 5.49. The van der Waals surface area contributed by atoms with Gasteiger partial charge in [-0.1, -0.05) is 24.4 Å². The van der Waals surface area contributed by atoms with Gasteiger partial charge in [-0.15, -0.1) is 22.7 Å². The van der Waals surface area contributed by atoms with Gasteiger partial charge in [-0.25, -0.2) is 8.42 Å². The van der Waals surface area contributed by atoms with Crippen molar-refractivity contribution < 1.29 is 8.42 Å². The zero-order valence-corrected chi connectivity index (χ0v) is 15.5. The van der Waals surface area contributed by atoms with Crippen molar-refractivity contribution in [3.8, 4) is 0 Å². The maximum absolute atomic E-state index is 13.0. The van der Waals surface area contributed by atoms with E-state index >= 15 is 0 Å². The van der Waals surface area contributed by atoms with Gasteiger partial charge in [0, 0.05) is 16.3 Å². The summed E-state index contributed by atoms with van der Waals surface area (Å²) >= 11 is 8.76. The van der Waals surface area contributed by atoms with Gasteiger partial charge in [0.05, 0.1) is 10.4 Å². The molecule has 0 aliphatic carbocycles. The maximum atomic E-state index is 13.0. The van der Waals surface area contributed by atoms with E-state index in [-0.39, 0.29) is 6.04 Å². The van der Waals surface area contributed by atoms with Crippen LogP contribution in [-0.4, -0.2) is 19.3 Å². The molecule has 0 unspecified atom stereocenters. The van der Waals surface area contributed by atoms with Crippen molar-refractivity contribution in [2.75, 3.05) is 6.54 Å². The number of rotatable bonds is 3. The molecule has 0 spiro atoms. The molecule has 1 fully saturated rings. The van der Waals surface area contributed by atoms with E-state index in [9.17, 15) is 8.42 Å². The van der Waals surface area contributed by atoms with E-state index in [1.165, 1.54) is 4.88 Å². The molecule has 1 aliphatic heterocycles. The third-order valence-electron chi connectivity index (χ3n) is 3.90. The van der Waals surface area contributed by atoms with Gasteiger partial charge in [0.1, 0.15) is 4.21 Å². The lowest BCUT2D eigenvalue weighted by molar-refractivity contribution is 0.334. The van der Waals surface area contributed by atoms with Gasteiger partial charge in [0.15, 0.2) is 0 Å². The Hall–Kier alpha value is -0.400. The zero-order valence-electron chi connectivity index (χ0n) is 12.3. The molecular formula is C15H18ClNO2S3. The predicted octanol–water partition coefficient (Wildman–Crippen LogP) is 5.08. The van der Waals surface area contributed by atoms with Crippen molar-refractivity contribution >= 4 is 44.3 Å². The molecular weight excluding hydrogens is 358 g/mol.